The highest BCUT2D eigenvalue weighted by Crippen LogP contribution is 2.40. The zero-order chi connectivity index (χ0) is 23.9. The van der Waals surface area contributed by atoms with Crippen LogP contribution in [-0.2, 0) is 0 Å². The molecule has 2 aromatic rings. The topological polar surface area (TPSA) is 27.7 Å². The molecule has 0 saturated heterocycles. The van der Waals surface area contributed by atoms with E-state index in [-0.39, 0.29) is 10.1 Å². The van der Waals surface area contributed by atoms with E-state index in [0.717, 1.165) is 22.8 Å². The van der Waals surface area contributed by atoms with Crippen molar-refractivity contribution >= 4 is 28.3 Å². The van der Waals surface area contributed by atoms with Gasteiger partial charge >= 0.3 is 0 Å². The first-order valence-electron chi connectivity index (χ1n) is 11.5. The van der Waals surface area contributed by atoms with Gasteiger partial charge in [0.2, 0.25) is 16.6 Å². The van der Waals surface area contributed by atoms with Gasteiger partial charge in [-0.3, -0.25) is 0 Å². The summed E-state index contributed by atoms with van der Waals surface area (Å²) < 4.78 is 19.0. The molecule has 0 aliphatic carbocycles. The molecule has 5 heteroatoms. The van der Waals surface area contributed by atoms with E-state index < -0.39 is 16.6 Å². The van der Waals surface area contributed by atoms with Crippen molar-refractivity contribution in [2.75, 3.05) is 6.61 Å². The fourth-order valence-corrected chi connectivity index (χ4v) is 5.06. The molecule has 0 unspecified atom stereocenters. The summed E-state index contributed by atoms with van der Waals surface area (Å²) in [5.74, 6) is 2.74. The average molecular weight is 469 g/mol. The van der Waals surface area contributed by atoms with Crippen LogP contribution in [0.2, 0.25) is 36.3 Å². The van der Waals surface area contributed by atoms with Crippen LogP contribution >= 0.6 is 0 Å². The summed E-state index contributed by atoms with van der Waals surface area (Å²) in [7, 11) is -3.70. The minimum absolute atomic E-state index is 0.164. The Morgan fingerprint density at radius 2 is 1.22 bits per heavy atom. The van der Waals surface area contributed by atoms with Crippen LogP contribution in [0.3, 0.4) is 0 Å². The van der Waals surface area contributed by atoms with Crippen molar-refractivity contribution in [2.24, 2.45) is 0 Å². The van der Waals surface area contributed by atoms with Crippen molar-refractivity contribution in [3.05, 3.63) is 53.6 Å². The minimum Gasteiger partial charge on any atom is -0.544 e. The molecule has 0 amide bonds. The van der Waals surface area contributed by atoms with Crippen LogP contribution in [0.25, 0.3) is 11.6 Å². The molecule has 0 spiro atoms. The normalized spacial score (nSPS) is 14.9. The second kappa shape index (κ2) is 8.42. The van der Waals surface area contributed by atoms with Crippen molar-refractivity contribution in [1.29, 1.82) is 0 Å². The lowest BCUT2D eigenvalue weighted by molar-refractivity contribution is 0.363. The summed E-state index contributed by atoms with van der Waals surface area (Å²) in [6, 6.07) is 14.7. The van der Waals surface area contributed by atoms with Crippen LogP contribution in [0.4, 0.5) is 0 Å². The van der Waals surface area contributed by atoms with Gasteiger partial charge in [0.15, 0.2) is 0 Å². The van der Waals surface area contributed by atoms with Crippen molar-refractivity contribution in [3.8, 4) is 17.2 Å². The summed E-state index contributed by atoms with van der Waals surface area (Å²) >= 11 is 0. The van der Waals surface area contributed by atoms with Gasteiger partial charge in [-0.25, -0.2) is 0 Å². The van der Waals surface area contributed by atoms with Crippen molar-refractivity contribution in [2.45, 2.75) is 77.8 Å². The summed E-state index contributed by atoms with van der Waals surface area (Å²) in [4.78, 5) is 0. The van der Waals surface area contributed by atoms with Crippen molar-refractivity contribution < 1.29 is 13.6 Å². The Labute approximate surface area is 197 Å². The molecule has 3 rings (SSSR count). The average Bonchev–Trinajstić information content (AvgIpc) is 2.66. The molecule has 0 fully saturated rings. The van der Waals surface area contributed by atoms with Gasteiger partial charge in [0.1, 0.15) is 23.9 Å². The van der Waals surface area contributed by atoms with E-state index >= 15 is 0 Å². The quantitative estimate of drug-likeness (QED) is 0.412. The maximum atomic E-state index is 6.45. The Morgan fingerprint density at radius 3 is 1.75 bits per heavy atom. The van der Waals surface area contributed by atoms with Gasteiger partial charge in [-0.1, -0.05) is 53.7 Å². The molecule has 1 heterocycles. The molecular formula is C27H40O3Si2. The number of ether oxygens (including phenoxy) is 1. The minimum atomic E-state index is -1.87. The van der Waals surface area contributed by atoms with Crippen LogP contribution in [-0.4, -0.2) is 23.2 Å². The Hall–Kier alpha value is -1.99. The van der Waals surface area contributed by atoms with Gasteiger partial charge in [-0.15, -0.1) is 0 Å². The molecule has 2 aromatic carbocycles. The first-order chi connectivity index (χ1) is 14.6. The van der Waals surface area contributed by atoms with Gasteiger partial charge in [-0.2, -0.15) is 0 Å². The van der Waals surface area contributed by atoms with Crippen LogP contribution in [0.1, 0.15) is 52.7 Å². The molecule has 0 bridgehead atoms. The Kier molecular flexibility index (Phi) is 6.48. The van der Waals surface area contributed by atoms with Crippen LogP contribution in [0, 0.1) is 0 Å². The molecule has 0 atom stereocenters. The van der Waals surface area contributed by atoms with Gasteiger partial charge in [0.05, 0.1) is 0 Å². The van der Waals surface area contributed by atoms with E-state index in [1.54, 1.807) is 0 Å². The first-order valence-corrected chi connectivity index (χ1v) is 17.4. The van der Waals surface area contributed by atoms with Gasteiger partial charge in [0, 0.05) is 11.6 Å². The highest BCUT2D eigenvalue weighted by molar-refractivity contribution is 6.75. The summed E-state index contributed by atoms with van der Waals surface area (Å²) in [6.45, 7) is 23.2. The Bertz CT molecular complexity index is 991. The maximum absolute atomic E-state index is 6.45. The largest absolute Gasteiger partial charge is 0.544 e. The van der Waals surface area contributed by atoms with E-state index in [2.05, 4.69) is 110 Å². The summed E-state index contributed by atoms with van der Waals surface area (Å²) in [5, 5.41) is 0.347. The van der Waals surface area contributed by atoms with E-state index in [9.17, 15) is 0 Å². The molecule has 3 nitrogen and oxygen atoms in total. The standard InChI is InChI=1S/C27H40O3Si2/c1-26(2,3)31(7,8)29-23-14-11-20(12-15-23)22-17-21-13-16-24(18-25(21)28-19-22)30-32(9,10)27(4,5)6/h11-18H,19H2,1-10H3. The number of rotatable bonds is 5. The van der Waals surface area contributed by atoms with Crippen LogP contribution in [0.15, 0.2) is 42.5 Å². The van der Waals surface area contributed by atoms with E-state index in [1.165, 1.54) is 11.1 Å². The zero-order valence-corrected chi connectivity index (χ0v) is 23.6. The predicted octanol–water partition coefficient (Wildman–Crippen LogP) is 8.39. The lowest BCUT2D eigenvalue weighted by Crippen LogP contribution is -2.43. The van der Waals surface area contributed by atoms with Gasteiger partial charge < -0.3 is 13.6 Å². The molecular weight excluding hydrogens is 428 g/mol. The number of hydrogen-bond acceptors (Lipinski definition) is 3. The molecule has 32 heavy (non-hydrogen) atoms. The fourth-order valence-electron chi connectivity index (χ4n) is 3.01. The molecule has 1 aliphatic heterocycles. The Morgan fingerprint density at radius 1 is 0.719 bits per heavy atom. The van der Waals surface area contributed by atoms with Crippen molar-refractivity contribution in [3.63, 3.8) is 0 Å². The number of fused-ring (bicyclic) bond motifs is 1. The number of benzene rings is 2. The van der Waals surface area contributed by atoms with Gasteiger partial charge in [-0.05, 0) is 77.7 Å². The molecule has 0 aromatic heterocycles. The van der Waals surface area contributed by atoms with Crippen LogP contribution < -0.4 is 13.6 Å². The second-order valence-electron chi connectivity index (χ2n) is 11.9. The molecule has 0 radical (unpaired) electrons. The predicted molar refractivity (Wildman–Crippen MR) is 142 cm³/mol. The SMILES string of the molecule is CC(C)(C)[Si](C)(C)Oc1ccc(C2=Cc3ccc(O[Si](C)(C)C(C)(C)C)cc3OC2)cc1. The second-order valence-corrected chi connectivity index (χ2v) is 21.4. The highest BCUT2D eigenvalue weighted by Gasteiger charge is 2.40. The Balaban J connectivity index is 1.77. The lowest BCUT2D eigenvalue weighted by atomic mass is 10.0. The highest BCUT2D eigenvalue weighted by atomic mass is 28.4. The summed E-state index contributed by atoms with van der Waals surface area (Å²) in [5.41, 5.74) is 3.43. The third kappa shape index (κ3) is 5.32. The fraction of sp³-hybridized carbons (Fsp3) is 0.481. The third-order valence-corrected chi connectivity index (χ3v) is 16.0. The molecule has 174 valence electrons. The molecule has 0 N–H and O–H groups in total. The van der Waals surface area contributed by atoms with Gasteiger partial charge in [0.25, 0.3) is 0 Å². The monoisotopic (exact) mass is 468 g/mol. The van der Waals surface area contributed by atoms with E-state index in [1.807, 2.05) is 6.07 Å². The number of hydrogen-bond donors (Lipinski definition) is 0. The maximum Gasteiger partial charge on any atom is 0.250 e. The van der Waals surface area contributed by atoms with E-state index in [4.69, 9.17) is 13.6 Å². The van der Waals surface area contributed by atoms with Crippen LogP contribution in [0.5, 0.6) is 17.2 Å². The van der Waals surface area contributed by atoms with Crippen molar-refractivity contribution in [1.82, 2.24) is 0 Å². The first kappa shape index (κ1) is 24.7. The lowest BCUT2D eigenvalue weighted by Gasteiger charge is -2.36. The summed E-state index contributed by atoms with van der Waals surface area (Å²) in [6.07, 6.45) is 2.22. The molecule has 1 aliphatic rings. The third-order valence-electron chi connectivity index (χ3n) is 7.28. The molecule has 0 saturated carbocycles. The zero-order valence-electron chi connectivity index (χ0n) is 21.6. The smallest absolute Gasteiger partial charge is 0.250 e. The van der Waals surface area contributed by atoms with E-state index in [0.29, 0.717) is 6.61 Å².